The SMILES string of the molecule is CCOC(=O)NC(c1ccc(F)cc1)C(C)C. The summed E-state index contributed by atoms with van der Waals surface area (Å²) in [5.41, 5.74) is 0.870. The fraction of sp³-hybridized carbons (Fsp3) is 0.462. The van der Waals surface area contributed by atoms with Crippen molar-refractivity contribution in [1.29, 1.82) is 0 Å². The molecular weight excluding hydrogens is 221 g/mol. The van der Waals surface area contributed by atoms with Crippen molar-refractivity contribution in [2.24, 2.45) is 5.92 Å². The Morgan fingerprint density at radius 3 is 2.41 bits per heavy atom. The molecule has 0 aromatic heterocycles. The largest absolute Gasteiger partial charge is 0.450 e. The van der Waals surface area contributed by atoms with Gasteiger partial charge in [-0.2, -0.15) is 0 Å². The number of ether oxygens (including phenoxy) is 1. The molecular formula is C13H18FNO2. The minimum atomic E-state index is -0.449. The molecule has 3 nitrogen and oxygen atoms in total. The number of nitrogens with one attached hydrogen (secondary N) is 1. The van der Waals surface area contributed by atoms with Gasteiger partial charge >= 0.3 is 6.09 Å². The molecule has 0 saturated carbocycles. The van der Waals surface area contributed by atoms with E-state index in [9.17, 15) is 9.18 Å². The minimum Gasteiger partial charge on any atom is -0.450 e. The van der Waals surface area contributed by atoms with Crippen LogP contribution in [-0.2, 0) is 4.74 Å². The van der Waals surface area contributed by atoms with Crippen LogP contribution in [0.4, 0.5) is 9.18 Å². The monoisotopic (exact) mass is 239 g/mol. The first-order valence-electron chi connectivity index (χ1n) is 5.73. The van der Waals surface area contributed by atoms with Gasteiger partial charge in [-0.05, 0) is 30.5 Å². The summed E-state index contributed by atoms with van der Waals surface area (Å²) in [4.78, 5) is 11.4. The van der Waals surface area contributed by atoms with Crippen LogP contribution in [-0.4, -0.2) is 12.7 Å². The molecule has 0 aliphatic rings. The summed E-state index contributed by atoms with van der Waals surface area (Å²) in [6.45, 7) is 6.06. The predicted molar refractivity (Wildman–Crippen MR) is 64.1 cm³/mol. The maximum absolute atomic E-state index is 12.8. The Balaban J connectivity index is 2.79. The topological polar surface area (TPSA) is 38.3 Å². The third-order valence-corrected chi connectivity index (χ3v) is 2.44. The van der Waals surface area contributed by atoms with Gasteiger partial charge in [0.25, 0.3) is 0 Å². The second kappa shape index (κ2) is 6.23. The summed E-state index contributed by atoms with van der Waals surface area (Å²) < 4.78 is 17.7. The first kappa shape index (κ1) is 13.5. The second-order valence-electron chi connectivity index (χ2n) is 4.14. The van der Waals surface area contributed by atoms with Crippen LogP contribution in [0.2, 0.25) is 0 Å². The molecule has 1 amide bonds. The molecule has 0 fully saturated rings. The quantitative estimate of drug-likeness (QED) is 0.875. The third-order valence-electron chi connectivity index (χ3n) is 2.44. The highest BCUT2D eigenvalue weighted by molar-refractivity contribution is 5.67. The summed E-state index contributed by atoms with van der Waals surface area (Å²) in [5.74, 6) is -0.0859. The zero-order chi connectivity index (χ0) is 12.8. The normalized spacial score (nSPS) is 12.3. The molecule has 0 radical (unpaired) electrons. The van der Waals surface area contributed by atoms with E-state index in [-0.39, 0.29) is 17.8 Å². The Bertz CT molecular complexity index is 362. The van der Waals surface area contributed by atoms with Crippen LogP contribution in [0.15, 0.2) is 24.3 Å². The first-order valence-corrected chi connectivity index (χ1v) is 5.73. The Morgan fingerprint density at radius 1 is 1.35 bits per heavy atom. The van der Waals surface area contributed by atoms with Gasteiger partial charge in [-0.25, -0.2) is 9.18 Å². The number of alkyl carbamates (subject to hydrolysis) is 1. The number of halogens is 1. The molecule has 0 spiro atoms. The van der Waals surface area contributed by atoms with Crippen molar-refractivity contribution in [3.8, 4) is 0 Å². The van der Waals surface area contributed by atoms with E-state index in [4.69, 9.17) is 4.74 Å². The Kier molecular flexibility index (Phi) is 4.94. The lowest BCUT2D eigenvalue weighted by Crippen LogP contribution is -2.32. The van der Waals surface area contributed by atoms with Crippen molar-refractivity contribution in [3.05, 3.63) is 35.6 Å². The van der Waals surface area contributed by atoms with E-state index in [1.807, 2.05) is 13.8 Å². The molecule has 17 heavy (non-hydrogen) atoms. The summed E-state index contributed by atoms with van der Waals surface area (Å²) in [6.07, 6.45) is -0.449. The van der Waals surface area contributed by atoms with E-state index in [1.165, 1.54) is 12.1 Å². The van der Waals surface area contributed by atoms with Gasteiger partial charge in [0.1, 0.15) is 5.82 Å². The number of hydrogen-bond acceptors (Lipinski definition) is 2. The van der Waals surface area contributed by atoms with Crippen LogP contribution in [0.3, 0.4) is 0 Å². The molecule has 0 bridgehead atoms. The zero-order valence-electron chi connectivity index (χ0n) is 10.4. The number of benzene rings is 1. The lowest BCUT2D eigenvalue weighted by Gasteiger charge is -2.22. The van der Waals surface area contributed by atoms with Crippen LogP contribution < -0.4 is 5.32 Å². The first-order chi connectivity index (χ1) is 8.04. The highest BCUT2D eigenvalue weighted by Gasteiger charge is 2.18. The summed E-state index contributed by atoms with van der Waals surface area (Å²) in [7, 11) is 0. The van der Waals surface area contributed by atoms with Gasteiger partial charge in [0.05, 0.1) is 12.6 Å². The molecule has 0 heterocycles. The Labute approximate surface area is 101 Å². The molecule has 1 rings (SSSR count). The van der Waals surface area contributed by atoms with Crippen LogP contribution in [0.25, 0.3) is 0 Å². The van der Waals surface area contributed by atoms with Crippen molar-refractivity contribution in [2.75, 3.05) is 6.61 Å². The van der Waals surface area contributed by atoms with E-state index >= 15 is 0 Å². The molecule has 1 N–H and O–H groups in total. The predicted octanol–water partition coefficient (Wildman–Crippen LogP) is 3.27. The molecule has 1 unspecified atom stereocenters. The minimum absolute atomic E-state index is 0.172. The van der Waals surface area contributed by atoms with Gasteiger partial charge < -0.3 is 10.1 Å². The fourth-order valence-electron chi connectivity index (χ4n) is 1.60. The van der Waals surface area contributed by atoms with E-state index in [0.29, 0.717) is 6.61 Å². The number of amides is 1. The zero-order valence-corrected chi connectivity index (χ0v) is 10.4. The number of hydrogen-bond donors (Lipinski definition) is 1. The summed E-state index contributed by atoms with van der Waals surface area (Å²) >= 11 is 0. The highest BCUT2D eigenvalue weighted by atomic mass is 19.1. The highest BCUT2D eigenvalue weighted by Crippen LogP contribution is 2.21. The summed E-state index contributed by atoms with van der Waals surface area (Å²) in [5, 5.41) is 2.77. The molecule has 4 heteroatoms. The maximum Gasteiger partial charge on any atom is 0.407 e. The number of carbonyl (C=O) groups excluding carboxylic acids is 1. The van der Waals surface area contributed by atoms with Gasteiger partial charge in [-0.1, -0.05) is 26.0 Å². The van der Waals surface area contributed by atoms with Gasteiger partial charge in [-0.3, -0.25) is 0 Å². The number of rotatable bonds is 4. The van der Waals surface area contributed by atoms with Crippen molar-refractivity contribution in [2.45, 2.75) is 26.8 Å². The maximum atomic E-state index is 12.8. The van der Waals surface area contributed by atoms with E-state index < -0.39 is 6.09 Å². The van der Waals surface area contributed by atoms with Gasteiger partial charge in [0.2, 0.25) is 0 Å². The standard InChI is InChI=1S/C13H18FNO2/c1-4-17-13(16)15-12(9(2)3)10-5-7-11(14)8-6-10/h5-9,12H,4H2,1-3H3,(H,15,16). The van der Waals surface area contributed by atoms with Crippen molar-refractivity contribution >= 4 is 6.09 Å². The average molecular weight is 239 g/mol. The van der Waals surface area contributed by atoms with Crippen LogP contribution in [0.5, 0.6) is 0 Å². The fourth-order valence-corrected chi connectivity index (χ4v) is 1.60. The lowest BCUT2D eigenvalue weighted by molar-refractivity contribution is 0.145. The van der Waals surface area contributed by atoms with Crippen molar-refractivity contribution in [1.82, 2.24) is 5.32 Å². The number of carbonyl (C=O) groups is 1. The molecule has 0 saturated heterocycles. The van der Waals surface area contributed by atoms with E-state index in [1.54, 1.807) is 19.1 Å². The van der Waals surface area contributed by atoms with Crippen LogP contribution >= 0.6 is 0 Å². The van der Waals surface area contributed by atoms with Crippen LogP contribution in [0, 0.1) is 11.7 Å². The lowest BCUT2D eigenvalue weighted by atomic mass is 9.96. The molecule has 0 aliphatic heterocycles. The third kappa shape index (κ3) is 4.06. The Morgan fingerprint density at radius 2 is 1.94 bits per heavy atom. The van der Waals surface area contributed by atoms with Gasteiger partial charge in [-0.15, -0.1) is 0 Å². The summed E-state index contributed by atoms with van der Waals surface area (Å²) in [6, 6.07) is 5.95. The molecule has 1 aromatic carbocycles. The Hall–Kier alpha value is -1.58. The molecule has 1 aromatic rings. The van der Waals surface area contributed by atoms with Crippen molar-refractivity contribution < 1.29 is 13.9 Å². The van der Waals surface area contributed by atoms with Gasteiger partial charge in [0, 0.05) is 0 Å². The van der Waals surface area contributed by atoms with Crippen molar-refractivity contribution in [3.63, 3.8) is 0 Å². The average Bonchev–Trinajstić information content (AvgIpc) is 2.27. The van der Waals surface area contributed by atoms with E-state index in [0.717, 1.165) is 5.56 Å². The second-order valence-corrected chi connectivity index (χ2v) is 4.14. The molecule has 94 valence electrons. The molecule has 1 atom stereocenters. The van der Waals surface area contributed by atoms with Gasteiger partial charge in [0.15, 0.2) is 0 Å². The van der Waals surface area contributed by atoms with Crippen LogP contribution in [0.1, 0.15) is 32.4 Å². The smallest absolute Gasteiger partial charge is 0.407 e. The van der Waals surface area contributed by atoms with E-state index in [2.05, 4.69) is 5.32 Å². The molecule has 0 aliphatic carbocycles.